The maximum Gasteiger partial charge on any atom is 0.361 e. The van der Waals surface area contributed by atoms with Crippen LogP contribution in [0.25, 0.3) is 11.3 Å². The van der Waals surface area contributed by atoms with Crippen molar-refractivity contribution in [3.63, 3.8) is 0 Å². The number of aromatic nitrogens is 3. The van der Waals surface area contributed by atoms with E-state index in [0.29, 0.717) is 17.0 Å². The zero-order valence-electron chi connectivity index (χ0n) is 11.3. The molecule has 8 nitrogen and oxygen atoms in total. The molecule has 0 aliphatic carbocycles. The van der Waals surface area contributed by atoms with Gasteiger partial charge in [-0.2, -0.15) is 10.3 Å². The average molecular weight is 290 g/mol. The van der Waals surface area contributed by atoms with E-state index in [0.717, 1.165) is 0 Å². The molecule has 0 aliphatic heterocycles. The van der Waals surface area contributed by atoms with Gasteiger partial charge in [-0.3, -0.25) is 4.79 Å². The second-order valence-corrected chi connectivity index (χ2v) is 4.02. The quantitative estimate of drug-likeness (QED) is 0.748. The first-order valence-corrected chi connectivity index (χ1v) is 6.21. The topological polar surface area (TPSA) is 120 Å². The van der Waals surface area contributed by atoms with Crippen molar-refractivity contribution >= 4 is 11.9 Å². The van der Waals surface area contributed by atoms with Crippen LogP contribution in [0.2, 0.25) is 0 Å². The molecule has 0 saturated heterocycles. The van der Waals surface area contributed by atoms with Gasteiger partial charge in [0.15, 0.2) is 12.3 Å². The molecule has 1 amide bonds. The minimum atomic E-state index is -0.555. The Morgan fingerprint density at radius 2 is 1.95 bits per heavy atom. The minimum Gasteiger partial charge on any atom is -0.484 e. The number of aromatic amines is 1. The Morgan fingerprint density at radius 1 is 1.24 bits per heavy atom. The van der Waals surface area contributed by atoms with Gasteiger partial charge in [-0.25, -0.2) is 4.79 Å². The third kappa shape index (κ3) is 3.56. The summed E-state index contributed by atoms with van der Waals surface area (Å²) in [7, 11) is 0. The molecule has 1 aromatic heterocycles. The molecule has 1 heterocycles. The number of nitrogens with one attached hydrogen (secondary N) is 1. The predicted octanol–water partition coefficient (Wildman–Crippen LogP) is 0.512. The molecule has 110 valence electrons. The molecule has 2 aromatic rings. The van der Waals surface area contributed by atoms with Crippen molar-refractivity contribution in [2.24, 2.45) is 5.73 Å². The van der Waals surface area contributed by atoms with Crippen LogP contribution in [0.4, 0.5) is 0 Å². The summed E-state index contributed by atoms with van der Waals surface area (Å²) in [6.07, 6.45) is 0. The molecule has 0 radical (unpaired) electrons. The summed E-state index contributed by atoms with van der Waals surface area (Å²) in [5, 5.41) is 10.1. The highest BCUT2D eigenvalue weighted by atomic mass is 16.5. The first kappa shape index (κ1) is 14.5. The van der Waals surface area contributed by atoms with Crippen LogP contribution in [0.3, 0.4) is 0 Å². The van der Waals surface area contributed by atoms with Gasteiger partial charge in [0.2, 0.25) is 0 Å². The highest BCUT2D eigenvalue weighted by Crippen LogP contribution is 2.23. The number of esters is 1. The molecular weight excluding hydrogens is 276 g/mol. The number of nitrogens with zero attached hydrogens (tertiary/aromatic N) is 2. The fourth-order valence-electron chi connectivity index (χ4n) is 1.64. The Balaban J connectivity index is 2.17. The molecule has 0 saturated carbocycles. The van der Waals surface area contributed by atoms with Crippen molar-refractivity contribution in [3.8, 4) is 17.0 Å². The van der Waals surface area contributed by atoms with Crippen LogP contribution in [0.15, 0.2) is 24.3 Å². The van der Waals surface area contributed by atoms with E-state index in [1.807, 2.05) is 0 Å². The smallest absolute Gasteiger partial charge is 0.361 e. The Kier molecular flexibility index (Phi) is 4.50. The minimum absolute atomic E-state index is 0.114. The van der Waals surface area contributed by atoms with Gasteiger partial charge in [-0.1, -0.05) is 0 Å². The maximum atomic E-state index is 11.7. The fourth-order valence-corrected chi connectivity index (χ4v) is 1.64. The summed E-state index contributed by atoms with van der Waals surface area (Å²) in [5.41, 5.74) is 6.15. The molecule has 8 heteroatoms. The highest BCUT2D eigenvalue weighted by molar-refractivity contribution is 5.93. The number of rotatable bonds is 6. The van der Waals surface area contributed by atoms with Gasteiger partial charge in [-0.15, -0.1) is 5.10 Å². The van der Waals surface area contributed by atoms with Crippen molar-refractivity contribution in [3.05, 3.63) is 30.0 Å². The molecule has 0 aliphatic rings. The summed E-state index contributed by atoms with van der Waals surface area (Å²) < 4.78 is 10.0. The number of ether oxygens (including phenoxy) is 2. The molecule has 2 rings (SSSR count). The normalized spacial score (nSPS) is 10.1. The highest BCUT2D eigenvalue weighted by Gasteiger charge is 2.18. The lowest BCUT2D eigenvalue weighted by Crippen LogP contribution is -2.19. The van der Waals surface area contributed by atoms with Crippen LogP contribution >= 0.6 is 0 Å². The van der Waals surface area contributed by atoms with Gasteiger partial charge >= 0.3 is 5.97 Å². The second-order valence-electron chi connectivity index (χ2n) is 4.02. The first-order valence-electron chi connectivity index (χ1n) is 6.21. The third-order valence-corrected chi connectivity index (χ3v) is 2.53. The molecule has 3 N–H and O–H groups in total. The molecule has 0 unspecified atom stereocenters. The first-order chi connectivity index (χ1) is 10.1. The van der Waals surface area contributed by atoms with Gasteiger partial charge in [0.25, 0.3) is 5.91 Å². The van der Waals surface area contributed by atoms with Crippen molar-refractivity contribution in [2.75, 3.05) is 13.2 Å². The number of carbonyl (C=O) groups is 2. The van der Waals surface area contributed by atoms with Crippen LogP contribution in [-0.2, 0) is 9.53 Å². The van der Waals surface area contributed by atoms with Crippen molar-refractivity contribution < 1.29 is 19.1 Å². The van der Waals surface area contributed by atoms with Gasteiger partial charge < -0.3 is 15.2 Å². The van der Waals surface area contributed by atoms with E-state index in [-0.39, 0.29) is 18.9 Å². The van der Waals surface area contributed by atoms with E-state index < -0.39 is 11.9 Å². The summed E-state index contributed by atoms with van der Waals surface area (Å²) in [6, 6.07) is 6.66. The number of hydrogen-bond donors (Lipinski definition) is 2. The van der Waals surface area contributed by atoms with E-state index in [1.54, 1.807) is 31.2 Å². The van der Waals surface area contributed by atoms with E-state index in [2.05, 4.69) is 15.4 Å². The Morgan fingerprint density at radius 3 is 2.57 bits per heavy atom. The third-order valence-electron chi connectivity index (χ3n) is 2.53. The lowest BCUT2D eigenvalue weighted by atomic mass is 10.1. The summed E-state index contributed by atoms with van der Waals surface area (Å²) >= 11 is 0. The van der Waals surface area contributed by atoms with Crippen LogP contribution in [0.5, 0.6) is 5.75 Å². The molecule has 0 spiro atoms. The molecular formula is C13H14N4O4. The predicted molar refractivity (Wildman–Crippen MR) is 72.5 cm³/mol. The number of nitrogens with two attached hydrogens (primary N) is 1. The van der Waals surface area contributed by atoms with Crippen molar-refractivity contribution in [1.82, 2.24) is 15.4 Å². The maximum absolute atomic E-state index is 11.7. The Labute approximate surface area is 120 Å². The molecule has 0 fully saturated rings. The average Bonchev–Trinajstić information content (AvgIpc) is 2.95. The number of primary amides is 1. The number of H-pyrrole nitrogens is 1. The fraction of sp³-hybridized carbons (Fsp3) is 0.231. The van der Waals surface area contributed by atoms with Crippen LogP contribution in [-0.4, -0.2) is 40.5 Å². The second kappa shape index (κ2) is 6.51. The van der Waals surface area contributed by atoms with Gasteiger partial charge in [0.1, 0.15) is 11.4 Å². The molecule has 0 bridgehead atoms. The Hall–Kier alpha value is -2.90. The SMILES string of the molecule is CCOC(=O)c1n[nH]nc1-c1ccc(OCC(N)=O)cc1. The van der Waals surface area contributed by atoms with Gasteiger partial charge in [0.05, 0.1) is 6.61 Å². The Bertz CT molecular complexity index is 636. The largest absolute Gasteiger partial charge is 0.484 e. The number of amides is 1. The van der Waals surface area contributed by atoms with E-state index in [4.69, 9.17) is 15.2 Å². The zero-order valence-corrected chi connectivity index (χ0v) is 11.3. The van der Waals surface area contributed by atoms with E-state index in [9.17, 15) is 9.59 Å². The van der Waals surface area contributed by atoms with Crippen molar-refractivity contribution in [2.45, 2.75) is 6.92 Å². The van der Waals surface area contributed by atoms with Crippen LogP contribution in [0.1, 0.15) is 17.4 Å². The van der Waals surface area contributed by atoms with Gasteiger partial charge in [-0.05, 0) is 31.2 Å². The standard InChI is InChI=1S/C13H14N4O4/c1-2-20-13(19)12-11(15-17-16-12)8-3-5-9(6-4-8)21-7-10(14)18/h3-6H,2,7H2,1H3,(H2,14,18)(H,15,16,17). The molecule has 21 heavy (non-hydrogen) atoms. The monoisotopic (exact) mass is 290 g/mol. The van der Waals surface area contributed by atoms with Gasteiger partial charge in [0, 0.05) is 5.56 Å². The molecule has 1 aromatic carbocycles. The number of hydrogen-bond acceptors (Lipinski definition) is 6. The summed E-state index contributed by atoms with van der Waals surface area (Å²) in [6.45, 7) is 1.77. The van der Waals surface area contributed by atoms with Crippen molar-refractivity contribution in [1.29, 1.82) is 0 Å². The number of benzene rings is 1. The summed E-state index contributed by atoms with van der Waals surface area (Å²) in [4.78, 5) is 22.4. The van der Waals surface area contributed by atoms with E-state index in [1.165, 1.54) is 0 Å². The summed E-state index contributed by atoms with van der Waals surface area (Å²) in [5.74, 6) is -0.616. The van der Waals surface area contributed by atoms with Crippen LogP contribution < -0.4 is 10.5 Å². The lowest BCUT2D eigenvalue weighted by Gasteiger charge is -2.05. The zero-order chi connectivity index (χ0) is 15.2. The van der Waals surface area contributed by atoms with E-state index >= 15 is 0 Å². The number of carbonyl (C=O) groups excluding carboxylic acids is 2. The van der Waals surface area contributed by atoms with Crippen LogP contribution in [0, 0.1) is 0 Å². The lowest BCUT2D eigenvalue weighted by molar-refractivity contribution is -0.119. The molecule has 0 atom stereocenters.